The topological polar surface area (TPSA) is 87.9 Å². The fourth-order valence-electron chi connectivity index (χ4n) is 2.23. The van der Waals surface area contributed by atoms with Crippen molar-refractivity contribution in [3.05, 3.63) is 75.3 Å². The lowest BCUT2D eigenvalue weighted by molar-refractivity contribution is -0.384. The van der Waals surface area contributed by atoms with Gasteiger partial charge in [-0.2, -0.15) is 0 Å². The molecule has 1 atom stereocenters. The fourth-order valence-corrected chi connectivity index (χ4v) is 3.15. The van der Waals surface area contributed by atoms with Gasteiger partial charge in [-0.3, -0.25) is 23.7 Å². The molecule has 0 heterocycles. The largest absolute Gasteiger partial charge is 0.474 e. The van der Waals surface area contributed by atoms with Crippen LogP contribution < -0.4 is 0 Å². The van der Waals surface area contributed by atoms with E-state index < -0.39 is 12.7 Å². The molecule has 0 fully saturated rings. The third-order valence-electron chi connectivity index (χ3n) is 3.77. The molecule has 0 aliphatic heterocycles. The third-order valence-corrected chi connectivity index (χ3v) is 5.22. The highest BCUT2D eigenvalue weighted by Crippen LogP contribution is 2.48. The van der Waals surface area contributed by atoms with E-state index in [1.165, 1.54) is 24.8 Å². The molecule has 0 saturated heterocycles. The summed E-state index contributed by atoms with van der Waals surface area (Å²) in [6.07, 6.45) is 1.03. The van der Waals surface area contributed by atoms with Crippen LogP contribution in [0.3, 0.4) is 0 Å². The number of non-ortho nitro benzene ring substituents is 1. The average molecular weight is 379 g/mol. The summed E-state index contributed by atoms with van der Waals surface area (Å²) >= 11 is 0. The standard InChI is InChI=1S/C18H22NO6P/c1-15-3-5-16(6-4-15)11-13-24-26(22,23-2)25-14-12-17-7-9-18(10-8-17)19(20)21/h3-10H,11-14H2,1-2H3. The molecule has 0 N–H and O–H groups in total. The number of nitro benzene ring substituents is 1. The van der Waals surface area contributed by atoms with Gasteiger partial charge in [0, 0.05) is 19.2 Å². The van der Waals surface area contributed by atoms with Crippen LogP contribution in [-0.4, -0.2) is 25.2 Å². The van der Waals surface area contributed by atoms with E-state index in [0.717, 1.165) is 11.1 Å². The number of nitro groups is 1. The van der Waals surface area contributed by atoms with Crippen LogP contribution in [-0.2, 0) is 31.0 Å². The molecule has 1 unspecified atom stereocenters. The van der Waals surface area contributed by atoms with Crippen LogP contribution in [0.25, 0.3) is 0 Å². The minimum absolute atomic E-state index is 0.0247. The minimum atomic E-state index is -3.62. The molecule has 0 radical (unpaired) electrons. The molecule has 0 aliphatic rings. The second-order valence-corrected chi connectivity index (χ2v) is 7.48. The van der Waals surface area contributed by atoms with Crippen molar-refractivity contribution in [2.75, 3.05) is 20.3 Å². The van der Waals surface area contributed by atoms with Crippen molar-refractivity contribution < 1.29 is 23.1 Å². The quantitative estimate of drug-likeness (QED) is 0.344. The zero-order valence-electron chi connectivity index (χ0n) is 14.8. The lowest BCUT2D eigenvalue weighted by atomic mass is 10.1. The van der Waals surface area contributed by atoms with Gasteiger partial charge in [0.15, 0.2) is 0 Å². The Balaban J connectivity index is 1.78. The molecule has 0 spiro atoms. The maximum atomic E-state index is 12.4. The second-order valence-electron chi connectivity index (χ2n) is 5.71. The summed E-state index contributed by atoms with van der Waals surface area (Å²) in [6.45, 7) is 2.34. The molecule has 8 heteroatoms. The van der Waals surface area contributed by atoms with E-state index in [0.29, 0.717) is 12.8 Å². The monoisotopic (exact) mass is 379 g/mol. The van der Waals surface area contributed by atoms with Gasteiger partial charge < -0.3 is 0 Å². The van der Waals surface area contributed by atoms with Crippen LogP contribution in [0.2, 0.25) is 0 Å². The van der Waals surface area contributed by atoms with Gasteiger partial charge in [0.25, 0.3) is 5.69 Å². The first-order valence-electron chi connectivity index (χ1n) is 8.15. The first-order valence-corrected chi connectivity index (χ1v) is 9.62. The van der Waals surface area contributed by atoms with Crippen molar-refractivity contribution in [3.8, 4) is 0 Å². The Bertz CT molecular complexity index is 760. The number of phosphoric acid groups is 1. The van der Waals surface area contributed by atoms with Crippen molar-refractivity contribution in [1.29, 1.82) is 0 Å². The zero-order chi connectivity index (χ0) is 19.0. The Labute approximate surface area is 152 Å². The summed E-state index contributed by atoms with van der Waals surface area (Å²) in [5.41, 5.74) is 3.10. The Morgan fingerprint density at radius 2 is 1.38 bits per heavy atom. The highest BCUT2D eigenvalue weighted by Gasteiger charge is 2.24. The van der Waals surface area contributed by atoms with Gasteiger partial charge in [0.2, 0.25) is 0 Å². The van der Waals surface area contributed by atoms with E-state index in [1.807, 2.05) is 31.2 Å². The van der Waals surface area contributed by atoms with Crippen molar-refractivity contribution in [3.63, 3.8) is 0 Å². The van der Waals surface area contributed by atoms with Crippen LogP contribution in [0.5, 0.6) is 0 Å². The van der Waals surface area contributed by atoms with Gasteiger partial charge in [0.05, 0.1) is 18.1 Å². The average Bonchev–Trinajstić information content (AvgIpc) is 2.64. The fraction of sp³-hybridized carbons (Fsp3) is 0.333. The molecular formula is C18H22NO6P. The molecule has 0 saturated carbocycles. The Morgan fingerprint density at radius 3 is 1.81 bits per heavy atom. The zero-order valence-corrected chi connectivity index (χ0v) is 15.7. The van der Waals surface area contributed by atoms with Crippen LogP contribution in [0.4, 0.5) is 5.69 Å². The summed E-state index contributed by atoms with van der Waals surface area (Å²) in [6, 6.07) is 14.1. The van der Waals surface area contributed by atoms with E-state index >= 15 is 0 Å². The maximum absolute atomic E-state index is 12.4. The summed E-state index contributed by atoms with van der Waals surface area (Å²) in [7, 11) is -2.34. The summed E-state index contributed by atoms with van der Waals surface area (Å²) in [5, 5.41) is 10.6. The molecule has 0 bridgehead atoms. The lowest BCUT2D eigenvalue weighted by Gasteiger charge is -2.16. The van der Waals surface area contributed by atoms with Gasteiger partial charge >= 0.3 is 7.82 Å². The second kappa shape index (κ2) is 9.59. The Hall–Kier alpha value is -2.05. The minimum Gasteiger partial charge on any atom is -0.290 e. The Morgan fingerprint density at radius 1 is 0.923 bits per heavy atom. The molecule has 26 heavy (non-hydrogen) atoms. The highest BCUT2D eigenvalue weighted by atomic mass is 31.2. The highest BCUT2D eigenvalue weighted by molar-refractivity contribution is 7.48. The molecule has 0 aliphatic carbocycles. The van der Waals surface area contributed by atoms with Gasteiger partial charge in [-0.15, -0.1) is 0 Å². The first kappa shape index (κ1) is 20.3. The normalized spacial score (nSPS) is 13.3. The van der Waals surface area contributed by atoms with Gasteiger partial charge in [-0.1, -0.05) is 42.0 Å². The van der Waals surface area contributed by atoms with Gasteiger partial charge in [0.1, 0.15) is 0 Å². The van der Waals surface area contributed by atoms with Crippen LogP contribution >= 0.6 is 7.82 Å². The lowest BCUT2D eigenvalue weighted by Crippen LogP contribution is -2.04. The molecule has 0 aromatic heterocycles. The van der Waals surface area contributed by atoms with Crippen LogP contribution in [0.15, 0.2) is 48.5 Å². The first-order chi connectivity index (χ1) is 12.4. The van der Waals surface area contributed by atoms with E-state index in [1.54, 1.807) is 12.1 Å². The predicted molar refractivity (Wildman–Crippen MR) is 98.2 cm³/mol. The molecule has 140 valence electrons. The third kappa shape index (κ3) is 6.35. The van der Waals surface area contributed by atoms with Crippen molar-refractivity contribution in [2.45, 2.75) is 19.8 Å². The smallest absolute Gasteiger partial charge is 0.290 e. The number of phosphoric ester groups is 1. The van der Waals surface area contributed by atoms with E-state index in [2.05, 4.69) is 0 Å². The summed E-state index contributed by atoms with van der Waals surface area (Å²) in [5.74, 6) is 0. The van der Waals surface area contributed by atoms with Crippen molar-refractivity contribution in [1.82, 2.24) is 0 Å². The van der Waals surface area contributed by atoms with E-state index in [9.17, 15) is 14.7 Å². The molecule has 2 rings (SSSR count). The summed E-state index contributed by atoms with van der Waals surface area (Å²) in [4.78, 5) is 10.2. The number of hydrogen-bond donors (Lipinski definition) is 0. The van der Waals surface area contributed by atoms with Crippen molar-refractivity contribution in [2.24, 2.45) is 0 Å². The summed E-state index contributed by atoms with van der Waals surface area (Å²) < 4.78 is 27.9. The van der Waals surface area contributed by atoms with Gasteiger partial charge in [-0.25, -0.2) is 4.57 Å². The predicted octanol–water partition coefficient (Wildman–Crippen LogP) is 4.48. The van der Waals surface area contributed by atoms with Crippen LogP contribution in [0, 0.1) is 17.0 Å². The van der Waals surface area contributed by atoms with Crippen LogP contribution in [0.1, 0.15) is 16.7 Å². The number of aryl methyl sites for hydroxylation is 1. The molecular weight excluding hydrogens is 357 g/mol. The molecule has 2 aromatic carbocycles. The molecule has 2 aromatic rings. The number of benzene rings is 2. The van der Waals surface area contributed by atoms with Gasteiger partial charge in [-0.05, 0) is 30.9 Å². The molecule has 7 nitrogen and oxygen atoms in total. The number of hydrogen-bond acceptors (Lipinski definition) is 6. The molecule has 0 amide bonds. The SMILES string of the molecule is COP(=O)(OCCc1ccc(C)cc1)OCCc1ccc([N+](=O)[O-])cc1. The number of nitrogens with zero attached hydrogens (tertiary/aromatic N) is 1. The Kier molecular flexibility index (Phi) is 7.48. The van der Waals surface area contributed by atoms with Crippen molar-refractivity contribution >= 4 is 13.5 Å². The maximum Gasteiger partial charge on any atom is 0.474 e. The number of rotatable bonds is 10. The van der Waals surface area contributed by atoms with E-state index in [4.69, 9.17) is 13.6 Å². The van der Waals surface area contributed by atoms with E-state index in [-0.39, 0.29) is 18.9 Å².